The van der Waals surface area contributed by atoms with Crippen molar-refractivity contribution >= 4 is 17.6 Å². The molecular weight excluding hydrogens is 312 g/mol. The summed E-state index contributed by atoms with van der Waals surface area (Å²) >= 11 is 5.86. The first kappa shape index (κ1) is 17.4. The van der Waals surface area contributed by atoms with Crippen LogP contribution in [-0.2, 0) is 11.2 Å². The molecule has 23 heavy (non-hydrogen) atoms. The lowest BCUT2D eigenvalue weighted by Crippen LogP contribution is -2.22. The predicted molar refractivity (Wildman–Crippen MR) is 92.4 cm³/mol. The summed E-state index contributed by atoms with van der Waals surface area (Å²) in [5, 5.41) is 10.1. The molecule has 0 bridgehead atoms. The largest absolute Gasteiger partial charge is 0.488 e. The Morgan fingerprint density at radius 3 is 2.13 bits per heavy atom. The maximum Gasteiger partial charge on any atom is 0.311 e. The third kappa shape index (κ3) is 5.29. The number of hydrogen-bond donors (Lipinski definition) is 1. The van der Waals surface area contributed by atoms with Crippen LogP contribution in [0.25, 0.3) is 0 Å². The van der Waals surface area contributed by atoms with Gasteiger partial charge in [0.2, 0.25) is 0 Å². The Bertz CT molecular complexity index is 655. The Morgan fingerprint density at radius 2 is 1.65 bits per heavy atom. The smallest absolute Gasteiger partial charge is 0.311 e. The SMILES string of the molecule is CC(C)(C)Oc1ccc(CC(C(=O)O)c2ccc(Cl)cc2)cc1. The number of carboxylic acids is 1. The van der Waals surface area contributed by atoms with Crippen molar-refractivity contribution in [2.24, 2.45) is 0 Å². The van der Waals surface area contributed by atoms with Crippen LogP contribution in [0.5, 0.6) is 5.75 Å². The highest BCUT2D eigenvalue weighted by molar-refractivity contribution is 6.30. The zero-order chi connectivity index (χ0) is 17.0. The normalized spacial score (nSPS) is 12.7. The fraction of sp³-hybridized carbons (Fsp3) is 0.316. The van der Waals surface area contributed by atoms with E-state index in [1.807, 2.05) is 45.0 Å². The second-order valence-corrected chi connectivity index (χ2v) is 6.94. The number of rotatable bonds is 5. The monoisotopic (exact) mass is 332 g/mol. The van der Waals surface area contributed by atoms with E-state index in [0.29, 0.717) is 11.4 Å². The van der Waals surface area contributed by atoms with Crippen molar-refractivity contribution in [2.75, 3.05) is 0 Å². The number of hydrogen-bond acceptors (Lipinski definition) is 2. The molecule has 0 amide bonds. The van der Waals surface area contributed by atoms with E-state index in [0.717, 1.165) is 16.9 Å². The molecule has 1 unspecified atom stereocenters. The van der Waals surface area contributed by atoms with Crippen LogP contribution in [0.15, 0.2) is 48.5 Å². The first-order valence-corrected chi connectivity index (χ1v) is 7.88. The summed E-state index contributed by atoms with van der Waals surface area (Å²) in [6, 6.07) is 14.5. The second-order valence-electron chi connectivity index (χ2n) is 6.50. The number of halogens is 1. The lowest BCUT2D eigenvalue weighted by atomic mass is 9.92. The first-order chi connectivity index (χ1) is 10.7. The van der Waals surface area contributed by atoms with Gasteiger partial charge in [0.15, 0.2) is 0 Å². The lowest BCUT2D eigenvalue weighted by Gasteiger charge is -2.21. The van der Waals surface area contributed by atoms with Crippen molar-refractivity contribution in [3.8, 4) is 5.75 Å². The zero-order valence-electron chi connectivity index (χ0n) is 13.5. The molecular formula is C19H21ClO3. The van der Waals surface area contributed by atoms with Gasteiger partial charge in [-0.1, -0.05) is 35.9 Å². The Labute approximate surface area is 141 Å². The highest BCUT2D eigenvalue weighted by Crippen LogP contribution is 2.25. The summed E-state index contributed by atoms with van der Waals surface area (Å²) in [6.07, 6.45) is 0.423. The zero-order valence-corrected chi connectivity index (χ0v) is 14.3. The van der Waals surface area contributed by atoms with Crippen molar-refractivity contribution in [3.63, 3.8) is 0 Å². The summed E-state index contributed by atoms with van der Waals surface area (Å²) in [4.78, 5) is 11.6. The van der Waals surface area contributed by atoms with Crippen LogP contribution in [0.3, 0.4) is 0 Å². The topological polar surface area (TPSA) is 46.5 Å². The number of carbonyl (C=O) groups is 1. The summed E-state index contributed by atoms with van der Waals surface area (Å²) in [5.41, 5.74) is 1.44. The van der Waals surface area contributed by atoms with Crippen molar-refractivity contribution in [1.82, 2.24) is 0 Å². The van der Waals surface area contributed by atoms with Crippen LogP contribution in [-0.4, -0.2) is 16.7 Å². The van der Waals surface area contributed by atoms with Crippen LogP contribution in [0.1, 0.15) is 37.8 Å². The molecule has 0 saturated heterocycles. The van der Waals surface area contributed by atoms with E-state index in [4.69, 9.17) is 16.3 Å². The lowest BCUT2D eigenvalue weighted by molar-refractivity contribution is -0.138. The Morgan fingerprint density at radius 1 is 1.09 bits per heavy atom. The molecule has 0 spiro atoms. The van der Waals surface area contributed by atoms with Gasteiger partial charge in [0.25, 0.3) is 0 Å². The maximum absolute atomic E-state index is 11.6. The highest BCUT2D eigenvalue weighted by Gasteiger charge is 2.20. The van der Waals surface area contributed by atoms with E-state index in [-0.39, 0.29) is 5.60 Å². The molecule has 122 valence electrons. The van der Waals surface area contributed by atoms with Gasteiger partial charge in [-0.2, -0.15) is 0 Å². The van der Waals surface area contributed by atoms with Crippen molar-refractivity contribution in [2.45, 2.75) is 38.7 Å². The van der Waals surface area contributed by atoms with Crippen LogP contribution >= 0.6 is 11.6 Å². The van der Waals surface area contributed by atoms with Gasteiger partial charge in [-0.3, -0.25) is 4.79 Å². The molecule has 0 aliphatic heterocycles. The van der Waals surface area contributed by atoms with Crippen molar-refractivity contribution < 1.29 is 14.6 Å². The van der Waals surface area contributed by atoms with Gasteiger partial charge in [0, 0.05) is 5.02 Å². The minimum absolute atomic E-state index is 0.256. The van der Waals surface area contributed by atoms with E-state index in [2.05, 4.69) is 0 Å². The average molecular weight is 333 g/mol. The third-order valence-corrected chi connectivity index (χ3v) is 3.61. The van der Waals surface area contributed by atoms with E-state index in [9.17, 15) is 9.90 Å². The molecule has 2 aromatic rings. The van der Waals surface area contributed by atoms with E-state index in [1.54, 1.807) is 24.3 Å². The maximum atomic E-state index is 11.6. The molecule has 0 fully saturated rings. The van der Waals surface area contributed by atoms with E-state index in [1.165, 1.54) is 0 Å². The van der Waals surface area contributed by atoms with Gasteiger partial charge in [0.1, 0.15) is 11.4 Å². The number of aliphatic carboxylic acids is 1. The standard InChI is InChI=1S/C19H21ClO3/c1-19(2,3)23-16-10-4-13(5-11-16)12-17(18(21)22)14-6-8-15(20)9-7-14/h4-11,17H,12H2,1-3H3,(H,21,22). The fourth-order valence-electron chi connectivity index (χ4n) is 2.33. The molecule has 1 atom stereocenters. The molecule has 3 nitrogen and oxygen atoms in total. The molecule has 0 heterocycles. The quantitative estimate of drug-likeness (QED) is 0.844. The molecule has 0 aliphatic rings. The third-order valence-electron chi connectivity index (χ3n) is 3.36. The van der Waals surface area contributed by atoms with Crippen molar-refractivity contribution in [1.29, 1.82) is 0 Å². The first-order valence-electron chi connectivity index (χ1n) is 7.51. The Kier molecular flexibility index (Phi) is 5.32. The molecule has 0 aromatic heterocycles. The second kappa shape index (κ2) is 7.05. The molecule has 0 radical (unpaired) electrons. The number of carboxylic acid groups (broad SMARTS) is 1. The predicted octanol–water partition coefficient (Wildman–Crippen LogP) is 4.93. The Balaban J connectivity index is 2.14. The minimum Gasteiger partial charge on any atom is -0.488 e. The van der Waals surface area contributed by atoms with Crippen LogP contribution in [0.4, 0.5) is 0 Å². The highest BCUT2D eigenvalue weighted by atomic mass is 35.5. The molecule has 0 aliphatic carbocycles. The van der Waals surface area contributed by atoms with E-state index < -0.39 is 11.9 Å². The van der Waals surface area contributed by atoms with Crippen LogP contribution in [0.2, 0.25) is 5.02 Å². The van der Waals surface area contributed by atoms with Gasteiger partial charge >= 0.3 is 5.97 Å². The molecule has 2 aromatic carbocycles. The number of ether oxygens (including phenoxy) is 1. The minimum atomic E-state index is -0.845. The molecule has 0 saturated carbocycles. The summed E-state index contributed by atoms with van der Waals surface area (Å²) in [7, 11) is 0. The van der Waals surface area contributed by atoms with Crippen LogP contribution < -0.4 is 4.74 Å². The average Bonchev–Trinajstić information content (AvgIpc) is 2.46. The summed E-state index contributed by atoms with van der Waals surface area (Å²) in [5.74, 6) is -0.663. The van der Waals surface area contributed by atoms with E-state index >= 15 is 0 Å². The molecule has 4 heteroatoms. The summed E-state index contributed by atoms with van der Waals surface area (Å²) in [6.45, 7) is 5.96. The van der Waals surface area contributed by atoms with Gasteiger partial charge in [-0.25, -0.2) is 0 Å². The van der Waals surface area contributed by atoms with Crippen LogP contribution in [0, 0.1) is 0 Å². The summed E-state index contributed by atoms with van der Waals surface area (Å²) < 4.78 is 5.78. The van der Waals surface area contributed by atoms with Gasteiger partial charge < -0.3 is 9.84 Å². The number of benzene rings is 2. The molecule has 1 N–H and O–H groups in total. The van der Waals surface area contributed by atoms with Gasteiger partial charge in [-0.15, -0.1) is 0 Å². The Hall–Kier alpha value is -2.00. The van der Waals surface area contributed by atoms with Gasteiger partial charge in [-0.05, 0) is 62.6 Å². The van der Waals surface area contributed by atoms with Crippen molar-refractivity contribution in [3.05, 3.63) is 64.7 Å². The van der Waals surface area contributed by atoms with Gasteiger partial charge in [0.05, 0.1) is 5.92 Å². The fourth-order valence-corrected chi connectivity index (χ4v) is 2.45. The molecule has 2 rings (SSSR count).